The van der Waals surface area contributed by atoms with E-state index in [1.165, 1.54) is 36.2 Å². The molecular formula is C17H14BrF2NO3. The molecule has 24 heavy (non-hydrogen) atoms. The molecule has 4 nitrogen and oxygen atoms in total. The van der Waals surface area contributed by atoms with E-state index in [0.717, 1.165) is 11.6 Å². The molecule has 2 aromatic carbocycles. The van der Waals surface area contributed by atoms with Crippen molar-refractivity contribution in [3.8, 4) is 0 Å². The summed E-state index contributed by atoms with van der Waals surface area (Å²) in [6.07, 6.45) is 0. The number of nitrogens with zero attached hydrogens (tertiary/aromatic N) is 1. The van der Waals surface area contributed by atoms with Crippen LogP contribution < -0.4 is 0 Å². The average molecular weight is 398 g/mol. The highest BCUT2D eigenvalue weighted by Gasteiger charge is 2.17. The molecule has 0 aromatic heterocycles. The summed E-state index contributed by atoms with van der Waals surface area (Å²) in [5.41, 5.74) is 0.481. The van der Waals surface area contributed by atoms with Crippen molar-refractivity contribution in [1.29, 1.82) is 0 Å². The van der Waals surface area contributed by atoms with Gasteiger partial charge in [0.15, 0.2) is 6.61 Å². The fourth-order valence-electron chi connectivity index (χ4n) is 1.92. The van der Waals surface area contributed by atoms with Crippen molar-refractivity contribution in [1.82, 2.24) is 4.90 Å². The molecule has 0 unspecified atom stereocenters. The van der Waals surface area contributed by atoms with Gasteiger partial charge in [-0.2, -0.15) is 0 Å². The molecule has 2 aromatic rings. The monoisotopic (exact) mass is 397 g/mol. The Balaban J connectivity index is 1.91. The van der Waals surface area contributed by atoms with Crippen LogP contribution in [0.3, 0.4) is 0 Å². The molecule has 0 saturated carbocycles. The summed E-state index contributed by atoms with van der Waals surface area (Å²) >= 11 is 3.13. The Bertz CT molecular complexity index is 750. The van der Waals surface area contributed by atoms with Crippen molar-refractivity contribution in [2.45, 2.75) is 6.54 Å². The maximum atomic E-state index is 13.6. The van der Waals surface area contributed by atoms with Crippen molar-refractivity contribution < 1.29 is 23.1 Å². The topological polar surface area (TPSA) is 46.6 Å². The van der Waals surface area contributed by atoms with Crippen LogP contribution in [0, 0.1) is 11.6 Å². The van der Waals surface area contributed by atoms with Crippen molar-refractivity contribution in [3.05, 3.63) is 69.7 Å². The average Bonchev–Trinajstić information content (AvgIpc) is 2.56. The number of carbonyl (C=O) groups excluding carboxylic acids is 2. The predicted octanol–water partition coefficient (Wildman–Crippen LogP) is 3.54. The molecule has 0 N–H and O–H groups in total. The largest absolute Gasteiger partial charge is 0.452 e. The minimum atomic E-state index is -0.919. The molecule has 7 heteroatoms. The van der Waals surface area contributed by atoms with Crippen LogP contribution >= 0.6 is 15.9 Å². The number of esters is 1. The molecule has 126 valence electrons. The maximum Gasteiger partial charge on any atom is 0.341 e. The Hall–Kier alpha value is -2.28. The van der Waals surface area contributed by atoms with Crippen LogP contribution in [-0.2, 0) is 16.1 Å². The fraction of sp³-hybridized carbons (Fsp3) is 0.176. The van der Waals surface area contributed by atoms with Gasteiger partial charge in [-0.05, 0) is 35.9 Å². The van der Waals surface area contributed by atoms with E-state index in [0.29, 0.717) is 4.47 Å². The van der Waals surface area contributed by atoms with E-state index in [4.69, 9.17) is 4.74 Å². The van der Waals surface area contributed by atoms with Gasteiger partial charge in [-0.25, -0.2) is 13.6 Å². The number of halogens is 3. The second-order valence-corrected chi connectivity index (χ2v) is 5.99. The third-order valence-corrected chi connectivity index (χ3v) is 3.73. The summed E-state index contributed by atoms with van der Waals surface area (Å²) in [4.78, 5) is 25.1. The number of likely N-dealkylation sites (N-methyl/N-ethyl adjacent to an activating group) is 1. The summed E-state index contributed by atoms with van der Waals surface area (Å²) in [7, 11) is 1.53. The van der Waals surface area contributed by atoms with Gasteiger partial charge in [0.1, 0.15) is 11.6 Å². The molecule has 0 saturated heterocycles. The van der Waals surface area contributed by atoms with Crippen LogP contribution in [0.15, 0.2) is 46.9 Å². The third-order valence-electron chi connectivity index (χ3n) is 3.23. The number of ether oxygens (including phenoxy) is 1. The molecule has 0 bridgehead atoms. The Morgan fingerprint density at radius 3 is 2.46 bits per heavy atom. The lowest BCUT2D eigenvalue weighted by Crippen LogP contribution is -2.31. The molecule has 0 fully saturated rings. The van der Waals surface area contributed by atoms with E-state index < -0.39 is 24.3 Å². The van der Waals surface area contributed by atoms with Crippen LogP contribution in [0.4, 0.5) is 8.78 Å². The molecular weight excluding hydrogens is 384 g/mol. The van der Waals surface area contributed by atoms with Gasteiger partial charge in [0, 0.05) is 18.1 Å². The SMILES string of the molecule is CN(Cc1ccc(F)cc1)C(=O)COC(=O)c1cc(Br)ccc1F. The van der Waals surface area contributed by atoms with E-state index >= 15 is 0 Å². The Morgan fingerprint density at radius 2 is 1.79 bits per heavy atom. The lowest BCUT2D eigenvalue weighted by molar-refractivity contribution is -0.133. The number of amides is 1. The fourth-order valence-corrected chi connectivity index (χ4v) is 2.28. The highest BCUT2D eigenvalue weighted by atomic mass is 79.9. The molecule has 0 aliphatic rings. The smallest absolute Gasteiger partial charge is 0.341 e. The quantitative estimate of drug-likeness (QED) is 0.724. The highest BCUT2D eigenvalue weighted by molar-refractivity contribution is 9.10. The number of hydrogen-bond donors (Lipinski definition) is 0. The molecule has 0 aliphatic heterocycles. The van der Waals surface area contributed by atoms with Gasteiger partial charge >= 0.3 is 5.97 Å². The summed E-state index contributed by atoms with van der Waals surface area (Å²) in [6.45, 7) is -0.273. The van der Waals surface area contributed by atoms with Crippen LogP contribution in [0.5, 0.6) is 0 Å². The van der Waals surface area contributed by atoms with Gasteiger partial charge in [-0.1, -0.05) is 28.1 Å². The first-order valence-corrected chi connectivity index (χ1v) is 7.76. The third kappa shape index (κ3) is 4.86. The Kier molecular flexibility index (Phi) is 6.03. The van der Waals surface area contributed by atoms with Crippen LogP contribution in [-0.4, -0.2) is 30.4 Å². The molecule has 0 heterocycles. The zero-order chi connectivity index (χ0) is 17.7. The van der Waals surface area contributed by atoms with Crippen molar-refractivity contribution in [2.75, 3.05) is 13.7 Å². The van der Waals surface area contributed by atoms with Gasteiger partial charge in [0.2, 0.25) is 0 Å². The number of benzene rings is 2. The van der Waals surface area contributed by atoms with E-state index in [1.807, 2.05) is 0 Å². The first kappa shape index (κ1) is 18.1. The van der Waals surface area contributed by atoms with Crippen LogP contribution in [0.2, 0.25) is 0 Å². The van der Waals surface area contributed by atoms with Crippen molar-refractivity contribution in [3.63, 3.8) is 0 Å². The standard InChI is InChI=1S/C17H14BrF2NO3/c1-21(9-11-2-5-13(19)6-3-11)16(22)10-24-17(23)14-8-12(18)4-7-15(14)20/h2-8H,9-10H2,1H3. The number of carbonyl (C=O) groups is 2. The van der Waals surface area contributed by atoms with Crippen molar-refractivity contribution >= 4 is 27.8 Å². The first-order chi connectivity index (χ1) is 11.4. The van der Waals surface area contributed by atoms with E-state index in [2.05, 4.69) is 15.9 Å². The summed E-state index contributed by atoms with van der Waals surface area (Å²) in [6, 6.07) is 9.57. The van der Waals surface area contributed by atoms with E-state index in [-0.39, 0.29) is 17.9 Å². The lowest BCUT2D eigenvalue weighted by atomic mass is 10.2. The minimum absolute atomic E-state index is 0.238. The second kappa shape index (κ2) is 8.01. The van der Waals surface area contributed by atoms with Gasteiger partial charge in [0.05, 0.1) is 5.56 Å². The molecule has 0 radical (unpaired) electrons. The van der Waals surface area contributed by atoms with Gasteiger partial charge in [-0.15, -0.1) is 0 Å². The van der Waals surface area contributed by atoms with Crippen molar-refractivity contribution in [2.24, 2.45) is 0 Å². The Labute approximate surface area is 146 Å². The molecule has 0 spiro atoms. The molecule has 2 rings (SSSR count). The zero-order valence-corrected chi connectivity index (χ0v) is 14.3. The van der Waals surface area contributed by atoms with Gasteiger partial charge in [0.25, 0.3) is 5.91 Å². The number of rotatable bonds is 5. The molecule has 1 amide bonds. The normalized spacial score (nSPS) is 10.3. The summed E-state index contributed by atoms with van der Waals surface area (Å²) < 4.78 is 31.8. The van der Waals surface area contributed by atoms with Gasteiger partial charge in [-0.3, -0.25) is 4.79 Å². The highest BCUT2D eigenvalue weighted by Crippen LogP contribution is 2.16. The second-order valence-electron chi connectivity index (χ2n) is 5.08. The minimum Gasteiger partial charge on any atom is -0.452 e. The zero-order valence-electron chi connectivity index (χ0n) is 12.8. The summed E-state index contributed by atoms with van der Waals surface area (Å²) in [5.74, 6) is -2.46. The Morgan fingerprint density at radius 1 is 1.12 bits per heavy atom. The van der Waals surface area contributed by atoms with Crippen LogP contribution in [0.25, 0.3) is 0 Å². The summed E-state index contributed by atoms with van der Waals surface area (Å²) in [5, 5.41) is 0. The van der Waals surface area contributed by atoms with E-state index in [1.54, 1.807) is 12.1 Å². The molecule has 0 aliphatic carbocycles. The molecule has 0 atom stereocenters. The predicted molar refractivity (Wildman–Crippen MR) is 87.3 cm³/mol. The van der Waals surface area contributed by atoms with E-state index in [9.17, 15) is 18.4 Å². The first-order valence-electron chi connectivity index (χ1n) is 6.97. The lowest BCUT2D eigenvalue weighted by Gasteiger charge is -2.17. The number of hydrogen-bond acceptors (Lipinski definition) is 3. The van der Waals surface area contributed by atoms with Crippen LogP contribution in [0.1, 0.15) is 15.9 Å². The maximum absolute atomic E-state index is 13.6. The van der Waals surface area contributed by atoms with Gasteiger partial charge < -0.3 is 9.64 Å².